The largest absolute Gasteiger partial charge is 0.490 e. The van der Waals surface area contributed by atoms with Crippen molar-refractivity contribution in [3.8, 4) is 5.75 Å². The predicted molar refractivity (Wildman–Crippen MR) is 74.7 cm³/mol. The molecular formula is C16H20O2. The van der Waals surface area contributed by atoms with Crippen LogP contribution in [0.25, 0.3) is 0 Å². The van der Waals surface area contributed by atoms with Gasteiger partial charge in [-0.1, -0.05) is 29.8 Å². The van der Waals surface area contributed by atoms with Gasteiger partial charge in [-0.3, -0.25) is 4.79 Å². The summed E-state index contributed by atoms with van der Waals surface area (Å²) in [4.78, 5) is 10.4. The average molecular weight is 244 g/mol. The van der Waals surface area contributed by atoms with Crippen molar-refractivity contribution < 1.29 is 9.53 Å². The number of carbonyl (C=O) groups excluding carboxylic acids is 1. The Morgan fingerprint density at radius 2 is 1.89 bits per heavy atom. The summed E-state index contributed by atoms with van der Waals surface area (Å²) < 4.78 is 5.58. The molecule has 1 rings (SSSR count). The number of ether oxygens (including phenoxy) is 1. The maximum Gasteiger partial charge on any atom is 0.145 e. The van der Waals surface area contributed by atoms with Gasteiger partial charge in [0.25, 0.3) is 0 Å². The van der Waals surface area contributed by atoms with Gasteiger partial charge in [-0.25, -0.2) is 0 Å². The van der Waals surface area contributed by atoms with E-state index in [9.17, 15) is 4.79 Å². The molecule has 0 unspecified atom stereocenters. The highest BCUT2D eigenvalue weighted by atomic mass is 16.5. The molecule has 0 aliphatic carbocycles. The van der Waals surface area contributed by atoms with Crippen LogP contribution in [0.15, 0.2) is 53.6 Å². The van der Waals surface area contributed by atoms with Gasteiger partial charge >= 0.3 is 0 Å². The standard InChI is InChI=1S/C16H20O2/c1-14(7-6-8-15(2)13-17)11-12-18-16-9-4-3-5-10-16/h3-5,8-11,13H,6-7,12H2,1-2H3/b14-11+,15-8+. The summed E-state index contributed by atoms with van der Waals surface area (Å²) in [5, 5.41) is 0. The Kier molecular flexibility index (Phi) is 6.55. The molecule has 0 amide bonds. The first-order valence-corrected chi connectivity index (χ1v) is 6.18. The average Bonchev–Trinajstić information content (AvgIpc) is 2.39. The van der Waals surface area contributed by atoms with Crippen LogP contribution in [0.5, 0.6) is 5.75 Å². The van der Waals surface area contributed by atoms with Gasteiger partial charge in [0, 0.05) is 0 Å². The van der Waals surface area contributed by atoms with Crippen LogP contribution in [0.2, 0.25) is 0 Å². The number of hydrogen-bond acceptors (Lipinski definition) is 2. The molecule has 1 aromatic rings. The second-order valence-electron chi connectivity index (χ2n) is 4.28. The van der Waals surface area contributed by atoms with Crippen LogP contribution < -0.4 is 4.74 Å². The molecule has 0 atom stereocenters. The van der Waals surface area contributed by atoms with Gasteiger partial charge in [-0.15, -0.1) is 0 Å². The third kappa shape index (κ3) is 6.04. The van der Waals surface area contributed by atoms with E-state index in [2.05, 4.69) is 13.0 Å². The molecule has 0 aliphatic heterocycles. The van der Waals surface area contributed by atoms with Gasteiger partial charge in [0.05, 0.1) is 0 Å². The van der Waals surface area contributed by atoms with Crippen molar-refractivity contribution in [3.05, 3.63) is 53.6 Å². The third-order valence-corrected chi connectivity index (χ3v) is 2.62. The van der Waals surface area contributed by atoms with Crippen LogP contribution in [0.3, 0.4) is 0 Å². The van der Waals surface area contributed by atoms with Gasteiger partial charge in [0.1, 0.15) is 18.6 Å². The third-order valence-electron chi connectivity index (χ3n) is 2.62. The number of rotatable bonds is 7. The first kappa shape index (κ1) is 14.2. The Labute approximate surface area is 109 Å². The summed E-state index contributed by atoms with van der Waals surface area (Å²) in [6.45, 7) is 4.50. The van der Waals surface area contributed by atoms with Crippen LogP contribution in [0, 0.1) is 0 Å². The minimum absolute atomic E-state index is 0.590. The summed E-state index contributed by atoms with van der Waals surface area (Å²) in [7, 11) is 0. The first-order chi connectivity index (χ1) is 8.72. The number of carbonyl (C=O) groups is 1. The lowest BCUT2D eigenvalue weighted by Gasteiger charge is -2.03. The summed E-state index contributed by atoms with van der Waals surface area (Å²) in [6.07, 6.45) is 6.79. The van der Waals surface area contributed by atoms with Crippen LogP contribution in [0.4, 0.5) is 0 Å². The fraction of sp³-hybridized carbons (Fsp3) is 0.312. The number of hydrogen-bond donors (Lipinski definition) is 0. The lowest BCUT2D eigenvalue weighted by molar-refractivity contribution is -0.104. The topological polar surface area (TPSA) is 26.3 Å². The lowest BCUT2D eigenvalue weighted by Crippen LogP contribution is -1.94. The van der Waals surface area contributed by atoms with Crippen molar-refractivity contribution in [1.82, 2.24) is 0 Å². The van der Waals surface area contributed by atoms with Crippen LogP contribution in [-0.2, 0) is 4.79 Å². The fourth-order valence-corrected chi connectivity index (χ4v) is 1.47. The van der Waals surface area contributed by atoms with E-state index in [1.165, 1.54) is 5.57 Å². The minimum atomic E-state index is 0.590. The molecule has 0 saturated heterocycles. The molecule has 0 bridgehead atoms. The van der Waals surface area contributed by atoms with Crippen molar-refractivity contribution in [2.24, 2.45) is 0 Å². The zero-order valence-corrected chi connectivity index (χ0v) is 11.1. The quantitative estimate of drug-likeness (QED) is 0.412. The molecule has 96 valence electrons. The fourth-order valence-electron chi connectivity index (χ4n) is 1.47. The van der Waals surface area contributed by atoms with E-state index in [1.807, 2.05) is 43.3 Å². The highest BCUT2D eigenvalue weighted by Gasteiger charge is 1.92. The van der Waals surface area contributed by atoms with E-state index >= 15 is 0 Å². The van der Waals surface area contributed by atoms with Crippen molar-refractivity contribution in [3.63, 3.8) is 0 Å². The molecule has 2 nitrogen and oxygen atoms in total. The second kappa shape index (κ2) is 8.29. The van der Waals surface area contributed by atoms with E-state index in [1.54, 1.807) is 0 Å². The normalized spacial score (nSPS) is 12.3. The Morgan fingerprint density at radius 3 is 2.56 bits per heavy atom. The number of para-hydroxylation sites is 1. The smallest absolute Gasteiger partial charge is 0.145 e. The molecule has 0 fully saturated rings. The summed E-state index contributed by atoms with van der Waals surface area (Å²) >= 11 is 0. The van der Waals surface area contributed by atoms with Crippen molar-refractivity contribution in [2.75, 3.05) is 6.61 Å². The van der Waals surface area contributed by atoms with Crippen LogP contribution in [0.1, 0.15) is 26.7 Å². The van der Waals surface area contributed by atoms with E-state index in [-0.39, 0.29) is 0 Å². The lowest BCUT2D eigenvalue weighted by atomic mass is 10.1. The van der Waals surface area contributed by atoms with Crippen molar-refractivity contribution >= 4 is 6.29 Å². The Morgan fingerprint density at radius 1 is 1.17 bits per heavy atom. The molecule has 0 radical (unpaired) electrons. The zero-order valence-electron chi connectivity index (χ0n) is 11.1. The Bertz CT molecular complexity index is 416. The monoisotopic (exact) mass is 244 g/mol. The van der Waals surface area contributed by atoms with Crippen molar-refractivity contribution in [2.45, 2.75) is 26.7 Å². The molecule has 1 aromatic carbocycles. The Balaban J connectivity index is 2.28. The van der Waals surface area contributed by atoms with Gasteiger partial charge in [-0.05, 0) is 50.5 Å². The molecule has 0 aromatic heterocycles. The molecule has 0 heterocycles. The minimum Gasteiger partial charge on any atom is -0.490 e. The van der Waals surface area contributed by atoms with Crippen molar-refractivity contribution in [1.29, 1.82) is 0 Å². The van der Waals surface area contributed by atoms with E-state index in [4.69, 9.17) is 4.74 Å². The maximum atomic E-state index is 10.4. The van der Waals surface area contributed by atoms with E-state index < -0.39 is 0 Å². The molecule has 18 heavy (non-hydrogen) atoms. The predicted octanol–water partition coefficient (Wildman–Crippen LogP) is 3.94. The van der Waals surface area contributed by atoms with Crippen LogP contribution >= 0.6 is 0 Å². The molecule has 0 spiro atoms. The number of benzene rings is 1. The maximum absolute atomic E-state index is 10.4. The highest BCUT2D eigenvalue weighted by Crippen LogP contribution is 2.10. The summed E-state index contributed by atoms with van der Waals surface area (Å²) in [5.74, 6) is 0.887. The molecular weight excluding hydrogens is 224 g/mol. The number of allylic oxidation sites excluding steroid dienone is 3. The molecule has 2 heteroatoms. The summed E-state index contributed by atoms with van der Waals surface area (Å²) in [6, 6.07) is 9.77. The summed E-state index contributed by atoms with van der Waals surface area (Å²) in [5.41, 5.74) is 2.07. The van der Waals surface area contributed by atoms with Gasteiger partial charge in [0.15, 0.2) is 0 Å². The molecule has 0 N–H and O–H groups in total. The molecule has 0 saturated carbocycles. The van der Waals surface area contributed by atoms with Gasteiger partial charge < -0.3 is 4.74 Å². The SMILES string of the molecule is C/C(C=O)=C\CC/C(C)=C/COc1ccccc1. The molecule has 0 aliphatic rings. The van der Waals surface area contributed by atoms with Crippen LogP contribution in [-0.4, -0.2) is 12.9 Å². The second-order valence-corrected chi connectivity index (χ2v) is 4.28. The number of aldehydes is 1. The van der Waals surface area contributed by atoms with E-state index in [0.29, 0.717) is 6.61 Å². The van der Waals surface area contributed by atoms with Gasteiger partial charge in [-0.2, -0.15) is 0 Å². The zero-order chi connectivity index (χ0) is 13.2. The van der Waals surface area contributed by atoms with E-state index in [0.717, 1.165) is 30.5 Å². The Hall–Kier alpha value is -1.83. The highest BCUT2D eigenvalue weighted by molar-refractivity contribution is 5.71. The van der Waals surface area contributed by atoms with Gasteiger partial charge in [0.2, 0.25) is 0 Å². The first-order valence-electron chi connectivity index (χ1n) is 6.18.